The molecule has 0 amide bonds. The number of aromatic nitrogens is 4. The molecule has 27 heavy (non-hydrogen) atoms. The molecule has 9 heteroatoms. The molecule has 3 rings (SSSR count). The van der Waals surface area contributed by atoms with Gasteiger partial charge in [0.15, 0.2) is 11.9 Å². The van der Waals surface area contributed by atoms with E-state index in [0.717, 1.165) is 12.8 Å². The Morgan fingerprint density at radius 1 is 1.37 bits per heavy atom. The van der Waals surface area contributed by atoms with Crippen LogP contribution in [0.15, 0.2) is 0 Å². The maximum absolute atomic E-state index is 12.7. The molecule has 0 unspecified atom stereocenters. The van der Waals surface area contributed by atoms with Crippen molar-refractivity contribution in [1.82, 2.24) is 25.9 Å². The van der Waals surface area contributed by atoms with E-state index in [4.69, 9.17) is 13.6 Å². The quantitative estimate of drug-likeness (QED) is 0.671. The van der Waals surface area contributed by atoms with Crippen LogP contribution in [0.1, 0.15) is 55.9 Å². The van der Waals surface area contributed by atoms with Gasteiger partial charge in [-0.1, -0.05) is 11.6 Å². The third kappa shape index (κ3) is 5.24. The molecule has 1 aliphatic carbocycles. The van der Waals surface area contributed by atoms with Crippen LogP contribution in [0, 0.1) is 17.8 Å². The number of esters is 2. The van der Waals surface area contributed by atoms with Crippen LogP contribution in [0.3, 0.4) is 0 Å². The van der Waals surface area contributed by atoms with Crippen LogP contribution in [-0.4, -0.2) is 57.8 Å². The monoisotopic (exact) mass is 382 g/mol. The van der Waals surface area contributed by atoms with Crippen LogP contribution in [0.4, 0.5) is 0 Å². The number of aryl methyl sites for hydroxylation is 1. The lowest BCUT2D eigenvalue weighted by Crippen LogP contribution is -2.51. The summed E-state index contributed by atoms with van der Waals surface area (Å²) in [5.74, 6) is -1.10. The highest BCUT2D eigenvalue weighted by Crippen LogP contribution is 2.40. The first-order chi connectivity index (χ1) is 14.1. The first-order valence-electron chi connectivity index (χ1n) is 11.0. The van der Waals surface area contributed by atoms with Gasteiger partial charge in [-0.05, 0) is 63.8 Å². The highest BCUT2D eigenvalue weighted by molar-refractivity contribution is 5.81. The normalized spacial score (nSPS) is 35.0. The number of piperidine rings is 1. The van der Waals surface area contributed by atoms with E-state index in [-0.39, 0.29) is 24.9 Å². The smallest absolute Gasteiger partial charge is 0.347 e. The average Bonchev–Trinajstić information content (AvgIpc) is 3.19. The molecule has 0 radical (unpaired) electrons. The topological polar surface area (TPSA) is 119 Å². The second kappa shape index (κ2) is 9.25. The zero-order chi connectivity index (χ0) is 21.9. The summed E-state index contributed by atoms with van der Waals surface area (Å²) in [6, 6.07) is -1.96. The molecule has 2 N–H and O–H groups in total. The van der Waals surface area contributed by atoms with Gasteiger partial charge in [0, 0.05) is 9.16 Å². The summed E-state index contributed by atoms with van der Waals surface area (Å²) in [7, 11) is 0. The predicted molar refractivity (Wildman–Crippen MR) is 95.4 cm³/mol. The zero-order valence-corrected chi connectivity index (χ0v) is 15.7. The van der Waals surface area contributed by atoms with Gasteiger partial charge in [0.05, 0.1) is 7.98 Å². The molecule has 5 atom stereocenters. The maximum Gasteiger partial charge on any atom is 0.347 e. The zero-order valence-electron chi connectivity index (χ0n) is 18.7. The van der Waals surface area contributed by atoms with Crippen LogP contribution >= 0.6 is 0 Å². The van der Waals surface area contributed by atoms with Gasteiger partial charge in [0.1, 0.15) is 6.02 Å². The van der Waals surface area contributed by atoms with Crippen molar-refractivity contribution in [3.05, 3.63) is 5.82 Å². The number of rotatable bonds is 7. The fourth-order valence-corrected chi connectivity index (χ4v) is 3.83. The molecule has 1 aliphatic heterocycles. The van der Waals surface area contributed by atoms with Gasteiger partial charge in [-0.3, -0.25) is 4.79 Å². The largest absolute Gasteiger partial charge is 0.463 e. The molecule has 1 aromatic heterocycles. The van der Waals surface area contributed by atoms with E-state index in [1.54, 1.807) is 6.92 Å². The van der Waals surface area contributed by atoms with Crippen molar-refractivity contribution in [2.24, 2.45) is 17.8 Å². The molecule has 0 aromatic carbocycles. The third-order valence-electron chi connectivity index (χ3n) is 5.28. The van der Waals surface area contributed by atoms with E-state index >= 15 is 0 Å². The number of hydrogen-bond acceptors (Lipinski definition) is 8. The van der Waals surface area contributed by atoms with Gasteiger partial charge in [-0.25, -0.2) is 4.79 Å². The van der Waals surface area contributed by atoms with Crippen molar-refractivity contribution in [2.45, 2.75) is 64.5 Å². The Hall–Kier alpha value is -2.03. The van der Waals surface area contributed by atoms with Crippen LogP contribution in [0.2, 0.25) is 0 Å². The standard InChI is InChI=1S/C18H29N5O4/c1-3-26-17(24)11(2)27-18(25)15-9-14-8-12(4-6-13(14)10-19-15)5-7-16-20-22-23-21-16/h11-15,19H,3-10H2,1-2H3,(H,20,21,22,23)/t11-,12-,13+,14-,15+/m1/s1/i10D2,15D. The van der Waals surface area contributed by atoms with Crippen LogP contribution in [-0.2, 0) is 25.5 Å². The molecule has 1 aromatic rings. The minimum Gasteiger partial charge on any atom is -0.463 e. The number of H-pyrrole nitrogens is 1. The SMILES string of the molecule is [2H]C1([2H])N[C@]([2H])(C(=O)O[C@H](C)C(=O)OCC)C[C@H]2C[C@@H](CCc3nn[nH]n3)CC[C@H]21. The summed E-state index contributed by atoms with van der Waals surface area (Å²) in [5.41, 5.74) is 0. The number of nitrogens with zero attached hydrogens (tertiary/aromatic N) is 3. The first-order valence-corrected chi connectivity index (χ1v) is 9.54. The summed E-state index contributed by atoms with van der Waals surface area (Å²) >= 11 is 0. The second-order valence-corrected chi connectivity index (χ2v) is 7.16. The second-order valence-electron chi connectivity index (χ2n) is 7.16. The summed E-state index contributed by atoms with van der Waals surface area (Å²) in [6.07, 6.45) is 2.75. The third-order valence-corrected chi connectivity index (χ3v) is 5.28. The number of nitrogens with one attached hydrogen (secondary N) is 2. The van der Waals surface area contributed by atoms with Crippen molar-refractivity contribution >= 4 is 11.9 Å². The van der Waals surface area contributed by atoms with Crippen LogP contribution in [0.5, 0.6) is 0 Å². The molecule has 150 valence electrons. The molecule has 1 saturated heterocycles. The highest BCUT2D eigenvalue weighted by Gasteiger charge is 2.38. The van der Waals surface area contributed by atoms with Crippen molar-refractivity contribution in [3.8, 4) is 0 Å². The maximum atomic E-state index is 12.7. The predicted octanol–water partition coefficient (Wildman–Crippen LogP) is 1.02. The Morgan fingerprint density at radius 3 is 2.96 bits per heavy atom. The number of hydrogen-bond donors (Lipinski definition) is 2. The van der Waals surface area contributed by atoms with Crippen LogP contribution in [0.25, 0.3) is 0 Å². The van der Waals surface area contributed by atoms with E-state index in [1.165, 1.54) is 6.92 Å². The minimum absolute atomic E-state index is 0.129. The summed E-state index contributed by atoms with van der Waals surface area (Å²) < 4.78 is 35.4. The Labute approximate surface area is 163 Å². The molecule has 0 spiro atoms. The Morgan fingerprint density at radius 2 is 2.22 bits per heavy atom. The van der Waals surface area contributed by atoms with Gasteiger partial charge in [-0.2, -0.15) is 5.21 Å². The Kier molecular flexibility index (Phi) is 5.47. The lowest BCUT2D eigenvalue weighted by atomic mass is 9.69. The van der Waals surface area contributed by atoms with Gasteiger partial charge < -0.3 is 14.8 Å². The lowest BCUT2D eigenvalue weighted by molar-refractivity contribution is -0.168. The Balaban J connectivity index is 1.65. The Bertz CT molecular complexity index is 750. The van der Waals surface area contributed by atoms with Gasteiger partial charge >= 0.3 is 11.9 Å². The van der Waals surface area contributed by atoms with E-state index in [9.17, 15) is 9.59 Å². The van der Waals surface area contributed by atoms with Gasteiger partial charge in [0.2, 0.25) is 0 Å². The molecule has 9 nitrogen and oxygen atoms in total. The molecule has 1 saturated carbocycles. The van der Waals surface area contributed by atoms with E-state index < -0.39 is 30.6 Å². The number of carbonyl (C=O) groups is 2. The minimum atomic E-state index is -1.96. The number of tetrazole rings is 1. The highest BCUT2D eigenvalue weighted by atomic mass is 16.6. The van der Waals surface area contributed by atoms with Crippen molar-refractivity contribution < 1.29 is 23.2 Å². The number of ether oxygens (including phenoxy) is 2. The van der Waals surface area contributed by atoms with Crippen molar-refractivity contribution in [3.63, 3.8) is 0 Å². The number of carbonyl (C=O) groups excluding carboxylic acids is 2. The number of fused-ring (bicyclic) bond motifs is 1. The summed E-state index contributed by atoms with van der Waals surface area (Å²) in [5, 5.41) is 16.5. The molecule has 0 bridgehead atoms. The fourth-order valence-electron chi connectivity index (χ4n) is 3.83. The molecule has 2 fully saturated rings. The first kappa shape index (κ1) is 16.0. The molecular formula is C18H29N5O4. The molecule has 2 aliphatic rings. The average molecular weight is 382 g/mol. The van der Waals surface area contributed by atoms with Crippen molar-refractivity contribution in [2.75, 3.05) is 13.1 Å². The molecular weight excluding hydrogens is 350 g/mol. The van der Waals surface area contributed by atoms with Gasteiger partial charge in [0.25, 0.3) is 0 Å². The summed E-state index contributed by atoms with van der Waals surface area (Å²) in [4.78, 5) is 24.5. The van der Waals surface area contributed by atoms with E-state index in [2.05, 4.69) is 25.9 Å². The van der Waals surface area contributed by atoms with Gasteiger partial charge in [-0.15, -0.1) is 10.2 Å². The lowest BCUT2D eigenvalue weighted by Gasteiger charge is -2.42. The fraction of sp³-hybridized carbons (Fsp3) is 0.833. The summed E-state index contributed by atoms with van der Waals surface area (Å²) in [6.45, 7) is 1.31. The number of aromatic amines is 1. The van der Waals surface area contributed by atoms with Crippen LogP contribution < -0.4 is 5.32 Å². The van der Waals surface area contributed by atoms with E-state index in [0.29, 0.717) is 31.0 Å². The van der Waals surface area contributed by atoms with Crippen molar-refractivity contribution in [1.29, 1.82) is 0 Å². The molecule has 2 heterocycles. The van der Waals surface area contributed by atoms with E-state index in [1.807, 2.05) is 0 Å².